The van der Waals surface area contributed by atoms with E-state index in [4.69, 9.17) is 9.26 Å². The van der Waals surface area contributed by atoms with Gasteiger partial charge in [0.1, 0.15) is 6.10 Å². The summed E-state index contributed by atoms with van der Waals surface area (Å²) in [6.45, 7) is 10.1. The number of nitrogens with one attached hydrogen (secondary N) is 1. The minimum atomic E-state index is -0.480. The van der Waals surface area contributed by atoms with Gasteiger partial charge in [0.15, 0.2) is 0 Å². The minimum absolute atomic E-state index is 0.172. The van der Waals surface area contributed by atoms with E-state index in [2.05, 4.69) is 15.5 Å². The molecule has 23 heavy (non-hydrogen) atoms. The number of hydrogen-bond donors (Lipinski definition) is 1. The molecular weight excluding hydrogens is 294 g/mol. The summed E-state index contributed by atoms with van der Waals surface area (Å²) in [4.78, 5) is 16.3. The predicted octanol–water partition coefficient (Wildman–Crippen LogP) is 3.40. The summed E-state index contributed by atoms with van der Waals surface area (Å²) in [6.07, 6.45) is -0.480. The quantitative estimate of drug-likeness (QED) is 0.914. The fourth-order valence-corrected chi connectivity index (χ4v) is 1.92. The fraction of sp³-hybridized carbons (Fsp3) is 0.471. The van der Waals surface area contributed by atoms with Gasteiger partial charge >= 0.3 is 0 Å². The molecule has 0 bridgehead atoms. The molecule has 1 N–H and O–H groups in total. The molecule has 0 saturated carbocycles. The first-order chi connectivity index (χ1) is 10.8. The number of aromatic nitrogens is 2. The van der Waals surface area contributed by atoms with Crippen LogP contribution in [-0.4, -0.2) is 28.8 Å². The van der Waals surface area contributed by atoms with Gasteiger partial charge in [0.2, 0.25) is 11.7 Å². The van der Waals surface area contributed by atoms with Crippen molar-refractivity contribution in [3.8, 4) is 11.4 Å². The molecule has 0 spiro atoms. The van der Waals surface area contributed by atoms with Crippen LogP contribution < -0.4 is 5.32 Å². The summed E-state index contributed by atoms with van der Waals surface area (Å²) in [5, 5.41) is 6.81. The zero-order chi connectivity index (χ0) is 17.0. The van der Waals surface area contributed by atoms with E-state index in [0.717, 1.165) is 5.56 Å². The Labute approximate surface area is 136 Å². The Balaban J connectivity index is 2.08. The standard InChI is InChI=1S/C17H23N3O3/c1-6-22-11(2)15(21)18-13-9-7-12(8-10-13)14-19-16(23-20-14)17(3,4)5/h7-11H,6H2,1-5H3,(H,18,21)/t11-/m1/s1. The number of rotatable bonds is 5. The van der Waals surface area contributed by atoms with Crippen molar-refractivity contribution in [2.75, 3.05) is 11.9 Å². The van der Waals surface area contributed by atoms with Crippen LogP contribution in [0.5, 0.6) is 0 Å². The van der Waals surface area contributed by atoms with Crippen LogP contribution in [0.1, 0.15) is 40.5 Å². The lowest BCUT2D eigenvalue weighted by Gasteiger charge is -2.12. The van der Waals surface area contributed by atoms with Crippen LogP contribution >= 0.6 is 0 Å². The maximum absolute atomic E-state index is 11.9. The Morgan fingerprint density at radius 1 is 1.30 bits per heavy atom. The Morgan fingerprint density at radius 2 is 1.96 bits per heavy atom. The van der Waals surface area contributed by atoms with Crippen LogP contribution in [0.2, 0.25) is 0 Å². The number of hydrogen-bond acceptors (Lipinski definition) is 5. The molecule has 0 radical (unpaired) electrons. The van der Waals surface area contributed by atoms with Crippen LogP contribution in [0, 0.1) is 0 Å². The van der Waals surface area contributed by atoms with Gasteiger partial charge < -0.3 is 14.6 Å². The summed E-state index contributed by atoms with van der Waals surface area (Å²) in [5.41, 5.74) is 1.35. The maximum atomic E-state index is 11.9. The number of ether oxygens (including phenoxy) is 1. The number of anilines is 1. The number of carbonyl (C=O) groups is 1. The largest absolute Gasteiger partial charge is 0.369 e. The zero-order valence-corrected chi connectivity index (χ0v) is 14.2. The molecule has 0 aliphatic rings. The minimum Gasteiger partial charge on any atom is -0.369 e. The predicted molar refractivity (Wildman–Crippen MR) is 88.2 cm³/mol. The molecule has 2 rings (SSSR count). The van der Waals surface area contributed by atoms with Gasteiger partial charge in [-0.05, 0) is 38.1 Å². The molecule has 1 aromatic heterocycles. The number of nitrogens with zero attached hydrogens (tertiary/aromatic N) is 2. The normalized spacial score (nSPS) is 12.9. The van der Waals surface area contributed by atoms with E-state index in [1.54, 1.807) is 19.1 Å². The second kappa shape index (κ2) is 6.91. The van der Waals surface area contributed by atoms with Gasteiger partial charge in [0.25, 0.3) is 5.91 Å². The highest BCUT2D eigenvalue weighted by Crippen LogP contribution is 2.24. The summed E-state index contributed by atoms with van der Waals surface area (Å²) in [5.74, 6) is 0.958. The van der Waals surface area contributed by atoms with E-state index in [0.29, 0.717) is 24.0 Å². The maximum Gasteiger partial charge on any atom is 0.253 e. The Bertz CT molecular complexity index is 656. The third kappa shape index (κ3) is 4.39. The smallest absolute Gasteiger partial charge is 0.253 e. The molecule has 1 aromatic carbocycles. The van der Waals surface area contributed by atoms with Crippen molar-refractivity contribution in [1.29, 1.82) is 0 Å². The summed E-state index contributed by atoms with van der Waals surface area (Å²) in [7, 11) is 0. The first-order valence-corrected chi connectivity index (χ1v) is 7.68. The van der Waals surface area contributed by atoms with E-state index in [9.17, 15) is 4.79 Å². The van der Waals surface area contributed by atoms with Crippen LogP contribution in [0.3, 0.4) is 0 Å². The molecule has 124 valence electrons. The lowest BCUT2D eigenvalue weighted by atomic mass is 9.97. The van der Waals surface area contributed by atoms with E-state index < -0.39 is 6.10 Å². The molecule has 6 heteroatoms. The second-order valence-electron chi connectivity index (χ2n) is 6.34. The van der Waals surface area contributed by atoms with Crippen LogP contribution in [-0.2, 0) is 14.9 Å². The van der Waals surface area contributed by atoms with Gasteiger partial charge in [-0.3, -0.25) is 4.79 Å². The van der Waals surface area contributed by atoms with E-state index in [1.165, 1.54) is 0 Å². The van der Waals surface area contributed by atoms with Crippen molar-refractivity contribution in [2.24, 2.45) is 0 Å². The first kappa shape index (κ1) is 17.1. The molecule has 1 amide bonds. The third-order valence-electron chi connectivity index (χ3n) is 3.26. The highest BCUT2D eigenvalue weighted by atomic mass is 16.5. The van der Waals surface area contributed by atoms with Gasteiger partial charge in [0, 0.05) is 23.3 Å². The molecule has 0 unspecified atom stereocenters. The molecule has 2 aromatic rings. The lowest BCUT2D eigenvalue weighted by molar-refractivity contribution is -0.126. The van der Waals surface area contributed by atoms with Gasteiger partial charge in [-0.1, -0.05) is 25.9 Å². The fourth-order valence-electron chi connectivity index (χ4n) is 1.92. The van der Waals surface area contributed by atoms with Crippen molar-refractivity contribution in [3.05, 3.63) is 30.2 Å². The van der Waals surface area contributed by atoms with Gasteiger partial charge in [-0.2, -0.15) is 4.98 Å². The van der Waals surface area contributed by atoms with E-state index in [-0.39, 0.29) is 11.3 Å². The summed E-state index contributed by atoms with van der Waals surface area (Å²) >= 11 is 0. The topological polar surface area (TPSA) is 77.2 Å². The SMILES string of the molecule is CCO[C@H](C)C(=O)Nc1ccc(-c2noc(C(C)(C)C)n2)cc1. The first-order valence-electron chi connectivity index (χ1n) is 7.68. The van der Waals surface area contributed by atoms with Crippen molar-refractivity contribution < 1.29 is 14.1 Å². The number of amides is 1. The van der Waals surface area contributed by atoms with E-state index in [1.807, 2.05) is 39.8 Å². The van der Waals surface area contributed by atoms with Crippen LogP contribution in [0.4, 0.5) is 5.69 Å². The highest BCUT2D eigenvalue weighted by molar-refractivity contribution is 5.94. The molecule has 6 nitrogen and oxygen atoms in total. The monoisotopic (exact) mass is 317 g/mol. The van der Waals surface area contributed by atoms with Crippen molar-refractivity contribution >= 4 is 11.6 Å². The molecule has 1 heterocycles. The molecule has 0 saturated heterocycles. The second-order valence-corrected chi connectivity index (χ2v) is 6.34. The van der Waals surface area contributed by atoms with Crippen molar-refractivity contribution in [2.45, 2.75) is 46.1 Å². The zero-order valence-electron chi connectivity index (χ0n) is 14.2. The number of benzene rings is 1. The summed E-state index contributed by atoms with van der Waals surface area (Å²) in [6, 6.07) is 7.30. The average molecular weight is 317 g/mol. The molecule has 0 aliphatic carbocycles. The highest BCUT2D eigenvalue weighted by Gasteiger charge is 2.22. The van der Waals surface area contributed by atoms with Gasteiger partial charge in [-0.25, -0.2) is 0 Å². The summed E-state index contributed by atoms with van der Waals surface area (Å²) < 4.78 is 10.5. The van der Waals surface area contributed by atoms with Crippen molar-refractivity contribution in [1.82, 2.24) is 10.1 Å². The molecule has 0 aliphatic heterocycles. The number of carbonyl (C=O) groups excluding carboxylic acids is 1. The third-order valence-corrected chi connectivity index (χ3v) is 3.26. The molecule has 0 fully saturated rings. The van der Waals surface area contributed by atoms with Crippen LogP contribution in [0.15, 0.2) is 28.8 Å². The average Bonchev–Trinajstić information content (AvgIpc) is 2.98. The Hall–Kier alpha value is -2.21. The van der Waals surface area contributed by atoms with E-state index >= 15 is 0 Å². The Kier molecular flexibility index (Phi) is 5.15. The Morgan fingerprint density at radius 3 is 2.48 bits per heavy atom. The van der Waals surface area contributed by atoms with Crippen molar-refractivity contribution in [3.63, 3.8) is 0 Å². The van der Waals surface area contributed by atoms with Crippen LogP contribution in [0.25, 0.3) is 11.4 Å². The molecule has 1 atom stereocenters. The van der Waals surface area contributed by atoms with Gasteiger partial charge in [0.05, 0.1) is 0 Å². The lowest BCUT2D eigenvalue weighted by Crippen LogP contribution is -2.27. The molecular formula is C17H23N3O3. The van der Waals surface area contributed by atoms with Gasteiger partial charge in [-0.15, -0.1) is 0 Å².